The lowest BCUT2D eigenvalue weighted by molar-refractivity contribution is 1.08. The summed E-state index contributed by atoms with van der Waals surface area (Å²) >= 11 is 0. The Morgan fingerprint density at radius 3 is 2.24 bits per heavy atom. The maximum atomic E-state index is 4.73. The first-order chi connectivity index (χ1) is 10.4. The Kier molecular flexibility index (Phi) is 2.79. The fourth-order valence-electron chi connectivity index (χ4n) is 2.54. The molecule has 21 heavy (non-hydrogen) atoms. The highest BCUT2D eigenvalue weighted by molar-refractivity contribution is 5.81. The standard InChI is InChI=1S/C19H14N2/c1-2-6-18-15(5-1)9-12-19(20-18)16-7-10-17(11-8-16)21-13-3-4-14-21/h1-14H. The first kappa shape index (κ1) is 11.9. The third-order valence-corrected chi connectivity index (χ3v) is 3.66. The van der Waals surface area contributed by atoms with Crippen LogP contribution in [0.5, 0.6) is 0 Å². The molecule has 4 rings (SSSR count). The molecule has 0 unspecified atom stereocenters. The number of rotatable bonds is 2. The maximum Gasteiger partial charge on any atom is 0.0709 e. The average molecular weight is 270 g/mol. The number of fused-ring (bicyclic) bond motifs is 1. The summed E-state index contributed by atoms with van der Waals surface area (Å²) in [5.74, 6) is 0. The van der Waals surface area contributed by atoms with E-state index in [0.717, 1.165) is 22.5 Å². The molecule has 0 atom stereocenters. The molecule has 0 saturated carbocycles. The lowest BCUT2D eigenvalue weighted by atomic mass is 10.1. The molecule has 2 nitrogen and oxygen atoms in total. The van der Waals surface area contributed by atoms with E-state index in [-0.39, 0.29) is 0 Å². The first-order valence-electron chi connectivity index (χ1n) is 7.00. The van der Waals surface area contributed by atoms with Crippen LogP contribution in [0.2, 0.25) is 0 Å². The molecule has 0 fully saturated rings. The normalized spacial score (nSPS) is 10.9. The lowest BCUT2D eigenvalue weighted by Crippen LogP contribution is -1.90. The molecule has 0 bridgehead atoms. The van der Waals surface area contributed by atoms with E-state index >= 15 is 0 Å². The zero-order valence-corrected chi connectivity index (χ0v) is 11.5. The van der Waals surface area contributed by atoms with Crippen molar-refractivity contribution in [3.8, 4) is 16.9 Å². The van der Waals surface area contributed by atoms with Crippen LogP contribution in [0.4, 0.5) is 0 Å². The van der Waals surface area contributed by atoms with Gasteiger partial charge in [-0.1, -0.05) is 36.4 Å². The van der Waals surface area contributed by atoms with Crippen LogP contribution < -0.4 is 0 Å². The van der Waals surface area contributed by atoms with Crippen LogP contribution >= 0.6 is 0 Å². The third kappa shape index (κ3) is 2.21. The highest BCUT2D eigenvalue weighted by Crippen LogP contribution is 2.22. The predicted molar refractivity (Wildman–Crippen MR) is 86.5 cm³/mol. The second kappa shape index (κ2) is 4.91. The van der Waals surface area contributed by atoms with Crippen LogP contribution in [0.25, 0.3) is 27.8 Å². The topological polar surface area (TPSA) is 17.8 Å². The van der Waals surface area contributed by atoms with Gasteiger partial charge in [-0.25, -0.2) is 4.98 Å². The van der Waals surface area contributed by atoms with Crippen molar-refractivity contribution in [1.29, 1.82) is 0 Å². The number of hydrogen-bond donors (Lipinski definition) is 0. The fourth-order valence-corrected chi connectivity index (χ4v) is 2.54. The van der Waals surface area contributed by atoms with Crippen LogP contribution in [0.3, 0.4) is 0 Å². The largest absolute Gasteiger partial charge is 0.324 e. The summed E-state index contributed by atoms with van der Waals surface area (Å²) in [4.78, 5) is 4.73. The van der Waals surface area contributed by atoms with Crippen LogP contribution in [0.15, 0.2) is 85.2 Å². The van der Waals surface area contributed by atoms with Crippen LogP contribution in [-0.2, 0) is 0 Å². The van der Waals surface area contributed by atoms with E-state index in [1.165, 1.54) is 5.39 Å². The van der Waals surface area contributed by atoms with Gasteiger partial charge in [0, 0.05) is 29.0 Å². The highest BCUT2D eigenvalue weighted by Gasteiger charge is 2.02. The Morgan fingerprint density at radius 2 is 1.43 bits per heavy atom. The molecule has 4 aromatic rings. The van der Waals surface area contributed by atoms with Crippen molar-refractivity contribution in [2.24, 2.45) is 0 Å². The van der Waals surface area contributed by atoms with E-state index in [2.05, 4.69) is 47.0 Å². The summed E-state index contributed by atoms with van der Waals surface area (Å²) < 4.78 is 2.09. The van der Waals surface area contributed by atoms with Gasteiger partial charge in [-0.3, -0.25) is 0 Å². The monoisotopic (exact) mass is 270 g/mol. The van der Waals surface area contributed by atoms with Crippen LogP contribution in [0.1, 0.15) is 0 Å². The molecule has 2 aromatic carbocycles. The van der Waals surface area contributed by atoms with Crippen molar-refractivity contribution in [2.75, 3.05) is 0 Å². The van der Waals surface area contributed by atoms with E-state index in [1.807, 2.05) is 42.7 Å². The zero-order chi connectivity index (χ0) is 14.1. The molecule has 0 saturated heterocycles. The van der Waals surface area contributed by atoms with Crippen LogP contribution in [-0.4, -0.2) is 9.55 Å². The minimum Gasteiger partial charge on any atom is -0.324 e. The van der Waals surface area contributed by atoms with Crippen molar-refractivity contribution in [3.63, 3.8) is 0 Å². The quantitative estimate of drug-likeness (QED) is 0.516. The Morgan fingerprint density at radius 1 is 0.667 bits per heavy atom. The van der Waals surface area contributed by atoms with Crippen molar-refractivity contribution in [2.45, 2.75) is 0 Å². The number of pyridine rings is 1. The van der Waals surface area contributed by atoms with Gasteiger partial charge in [0.2, 0.25) is 0 Å². The molecule has 2 aromatic heterocycles. The molecular formula is C19H14N2. The van der Waals surface area contributed by atoms with Gasteiger partial charge in [-0.05, 0) is 36.4 Å². The van der Waals surface area contributed by atoms with Gasteiger partial charge in [-0.15, -0.1) is 0 Å². The molecule has 0 amide bonds. The Balaban J connectivity index is 1.74. The molecule has 0 aliphatic rings. The van der Waals surface area contributed by atoms with E-state index < -0.39 is 0 Å². The van der Waals surface area contributed by atoms with Gasteiger partial charge in [0.25, 0.3) is 0 Å². The van der Waals surface area contributed by atoms with Gasteiger partial charge in [0.05, 0.1) is 11.2 Å². The molecule has 0 spiro atoms. The fraction of sp³-hybridized carbons (Fsp3) is 0. The zero-order valence-electron chi connectivity index (χ0n) is 11.5. The van der Waals surface area contributed by atoms with Gasteiger partial charge < -0.3 is 4.57 Å². The molecule has 0 N–H and O–H groups in total. The number of para-hydroxylation sites is 1. The van der Waals surface area contributed by atoms with Crippen LogP contribution in [0, 0.1) is 0 Å². The molecule has 2 heterocycles. The van der Waals surface area contributed by atoms with Gasteiger partial charge in [0.15, 0.2) is 0 Å². The molecule has 0 aliphatic carbocycles. The number of benzene rings is 2. The van der Waals surface area contributed by atoms with Crippen molar-refractivity contribution >= 4 is 10.9 Å². The second-order valence-corrected chi connectivity index (χ2v) is 5.03. The third-order valence-electron chi connectivity index (χ3n) is 3.66. The molecule has 100 valence electrons. The first-order valence-corrected chi connectivity index (χ1v) is 7.00. The van der Waals surface area contributed by atoms with Crippen molar-refractivity contribution < 1.29 is 0 Å². The van der Waals surface area contributed by atoms with Gasteiger partial charge >= 0.3 is 0 Å². The average Bonchev–Trinajstić information content (AvgIpc) is 3.09. The number of nitrogens with zero attached hydrogens (tertiary/aromatic N) is 2. The summed E-state index contributed by atoms with van der Waals surface area (Å²) in [7, 11) is 0. The number of aromatic nitrogens is 2. The van der Waals surface area contributed by atoms with E-state index in [1.54, 1.807) is 0 Å². The SMILES string of the molecule is c1ccc2nc(-c3ccc(-n4cccc4)cc3)ccc2c1. The summed E-state index contributed by atoms with van der Waals surface area (Å²) in [6.07, 6.45) is 4.09. The number of hydrogen-bond acceptors (Lipinski definition) is 1. The van der Waals surface area contributed by atoms with Crippen molar-refractivity contribution in [3.05, 3.63) is 85.2 Å². The molecule has 0 radical (unpaired) electrons. The Labute approximate surface area is 123 Å². The summed E-state index contributed by atoms with van der Waals surface area (Å²) in [5, 5.41) is 1.17. The minimum atomic E-state index is 1.01. The smallest absolute Gasteiger partial charge is 0.0709 e. The van der Waals surface area contributed by atoms with Crippen molar-refractivity contribution in [1.82, 2.24) is 9.55 Å². The Hall–Kier alpha value is -2.87. The molecule has 0 aliphatic heterocycles. The second-order valence-electron chi connectivity index (χ2n) is 5.03. The lowest BCUT2D eigenvalue weighted by Gasteiger charge is -2.06. The van der Waals surface area contributed by atoms with E-state index in [0.29, 0.717) is 0 Å². The summed E-state index contributed by atoms with van der Waals surface area (Å²) in [5.41, 5.74) is 4.33. The van der Waals surface area contributed by atoms with E-state index in [4.69, 9.17) is 4.98 Å². The molecular weight excluding hydrogens is 256 g/mol. The summed E-state index contributed by atoms with van der Waals surface area (Å²) in [6, 6.07) is 24.9. The van der Waals surface area contributed by atoms with Gasteiger partial charge in [-0.2, -0.15) is 0 Å². The summed E-state index contributed by atoms with van der Waals surface area (Å²) in [6.45, 7) is 0. The Bertz CT molecular complexity index is 875. The van der Waals surface area contributed by atoms with E-state index in [9.17, 15) is 0 Å². The highest BCUT2D eigenvalue weighted by atomic mass is 14.9. The molecule has 2 heteroatoms. The maximum absolute atomic E-state index is 4.73. The van der Waals surface area contributed by atoms with Gasteiger partial charge in [0.1, 0.15) is 0 Å². The predicted octanol–water partition coefficient (Wildman–Crippen LogP) is 4.69. The minimum absolute atomic E-state index is 1.01.